The number of nitrogens with one attached hydrogen (secondary N) is 2. The van der Waals surface area contributed by atoms with Crippen LogP contribution < -0.4 is 31.4 Å². The summed E-state index contributed by atoms with van der Waals surface area (Å²) < 4.78 is 43.3. The first kappa shape index (κ1) is 33.5. The van der Waals surface area contributed by atoms with Crippen molar-refractivity contribution in [3.8, 4) is 16.9 Å². The van der Waals surface area contributed by atoms with Crippen LogP contribution in [0.5, 0.6) is 5.75 Å². The molecule has 18 heteroatoms. The van der Waals surface area contributed by atoms with Gasteiger partial charge in [0.05, 0.1) is 25.3 Å². The molecule has 0 spiro atoms. The van der Waals surface area contributed by atoms with E-state index in [1.54, 1.807) is 6.92 Å². The van der Waals surface area contributed by atoms with Gasteiger partial charge in [0.1, 0.15) is 24.1 Å². The lowest BCUT2D eigenvalue weighted by Gasteiger charge is -2.50. The van der Waals surface area contributed by atoms with Gasteiger partial charge in [-0.3, -0.25) is 19.5 Å². The number of hydroxylamine groups is 2. The lowest BCUT2D eigenvalue weighted by atomic mass is 9.84. The molecule has 3 heterocycles. The van der Waals surface area contributed by atoms with Gasteiger partial charge in [0.25, 0.3) is 17.6 Å². The molecule has 1 saturated heterocycles. The molecule has 242 valence electrons. The van der Waals surface area contributed by atoms with Gasteiger partial charge in [-0.1, -0.05) is 17.3 Å². The number of β-lactam (4-membered cyclic amide) rings is 1. The van der Waals surface area contributed by atoms with Crippen molar-refractivity contribution >= 4 is 50.2 Å². The van der Waals surface area contributed by atoms with Crippen LogP contribution in [0.25, 0.3) is 11.1 Å². The van der Waals surface area contributed by atoms with Gasteiger partial charge < -0.3 is 26.4 Å². The van der Waals surface area contributed by atoms with Crippen molar-refractivity contribution in [3.63, 3.8) is 0 Å². The SMILES string of the molecule is C[C@@H](COc1ccc(-c2ccc(NCCN)[n+](C)c2)cc1)O/N=C(\C(=O)N[C@@H]1C(=O)N(OS(=O)(=O)O)C1(C)C)c1csc(N)n1. The molecule has 1 aliphatic heterocycles. The average Bonchev–Trinajstić information content (AvgIpc) is 3.42. The molecule has 0 aliphatic carbocycles. The second kappa shape index (κ2) is 13.7. The number of nitrogens with two attached hydrogens (primary N) is 2. The fraction of sp³-hybridized carbons (Fsp3) is 0.370. The number of amides is 2. The van der Waals surface area contributed by atoms with Crippen molar-refractivity contribution < 1.29 is 41.0 Å². The van der Waals surface area contributed by atoms with Gasteiger partial charge in [-0.25, -0.2) is 9.55 Å². The number of carbonyl (C=O) groups is 2. The van der Waals surface area contributed by atoms with Crippen LogP contribution in [0.1, 0.15) is 26.5 Å². The number of oxime groups is 1. The standard InChI is InChI=1S/C27H34N8O8S2/c1-16(14-41-19-8-5-17(6-9-19)18-7-10-21(30-12-11-28)34(4)13-18)42-33-22(20-15-44-26(29)31-20)24(36)32-23-25(37)35(27(23,2)3)43-45(38,39)40/h5-10,13,15-16,23H,11-12,14,28H2,1-4H3,(H4,29,31,32,36,38,39,40)/p+1/b33-22-/t16-,23+/m0/s1. The molecule has 2 amide bonds. The molecule has 1 aromatic carbocycles. The smallest absolute Gasteiger partial charge is 0.418 e. The van der Waals surface area contributed by atoms with Crippen LogP contribution >= 0.6 is 11.3 Å². The van der Waals surface area contributed by atoms with Crippen LogP contribution in [0.2, 0.25) is 0 Å². The summed E-state index contributed by atoms with van der Waals surface area (Å²) in [6, 6.07) is 10.3. The number of aromatic nitrogens is 2. The van der Waals surface area contributed by atoms with Crippen LogP contribution in [0.3, 0.4) is 0 Å². The van der Waals surface area contributed by atoms with Gasteiger partial charge in [0.15, 0.2) is 16.9 Å². The van der Waals surface area contributed by atoms with Crippen molar-refractivity contribution in [1.29, 1.82) is 0 Å². The van der Waals surface area contributed by atoms with Crippen molar-refractivity contribution in [2.24, 2.45) is 17.9 Å². The minimum absolute atomic E-state index is 0.0868. The van der Waals surface area contributed by atoms with Crippen LogP contribution in [0.4, 0.5) is 10.9 Å². The monoisotopic (exact) mass is 663 g/mol. The molecule has 0 radical (unpaired) electrons. The molecule has 45 heavy (non-hydrogen) atoms. The number of rotatable bonds is 14. The number of nitrogens with zero attached hydrogens (tertiary/aromatic N) is 4. The van der Waals surface area contributed by atoms with E-state index < -0.39 is 39.9 Å². The quantitative estimate of drug-likeness (QED) is 0.0526. The molecule has 0 saturated carbocycles. The maximum absolute atomic E-state index is 13.2. The van der Waals surface area contributed by atoms with Gasteiger partial charge in [0.2, 0.25) is 0 Å². The third-order valence-corrected chi connectivity index (χ3v) is 7.69. The van der Waals surface area contributed by atoms with E-state index >= 15 is 0 Å². The van der Waals surface area contributed by atoms with Crippen molar-refractivity contribution in [1.82, 2.24) is 15.4 Å². The molecule has 0 unspecified atom stereocenters. The highest BCUT2D eigenvalue weighted by atomic mass is 32.3. The van der Waals surface area contributed by atoms with E-state index in [1.807, 2.05) is 54.2 Å². The fourth-order valence-corrected chi connectivity index (χ4v) is 5.31. The van der Waals surface area contributed by atoms with E-state index in [2.05, 4.69) is 25.1 Å². The van der Waals surface area contributed by atoms with E-state index in [4.69, 9.17) is 25.6 Å². The van der Waals surface area contributed by atoms with Gasteiger partial charge in [-0.05, 0) is 44.5 Å². The van der Waals surface area contributed by atoms with Gasteiger partial charge in [-0.15, -0.1) is 15.6 Å². The zero-order valence-electron chi connectivity index (χ0n) is 25.0. The summed E-state index contributed by atoms with van der Waals surface area (Å²) in [7, 11) is -3.00. The second-order valence-electron chi connectivity index (χ2n) is 10.6. The Kier molecular flexibility index (Phi) is 10.2. The summed E-state index contributed by atoms with van der Waals surface area (Å²) >= 11 is 1.07. The number of ether oxygens (including phenoxy) is 1. The third-order valence-electron chi connectivity index (χ3n) is 6.68. The highest BCUT2D eigenvalue weighted by Gasteiger charge is 2.58. The molecule has 7 N–H and O–H groups in total. The molecule has 2 atom stereocenters. The number of hydrogen-bond donors (Lipinski definition) is 5. The number of hydrogen-bond acceptors (Lipinski definition) is 13. The van der Waals surface area contributed by atoms with Gasteiger partial charge in [-0.2, -0.15) is 13.5 Å². The first-order valence-corrected chi connectivity index (χ1v) is 15.9. The Morgan fingerprint density at radius 2 is 1.93 bits per heavy atom. The first-order valence-electron chi connectivity index (χ1n) is 13.6. The number of nitrogen functional groups attached to an aromatic ring is 1. The van der Waals surface area contributed by atoms with Crippen molar-refractivity contribution in [3.05, 3.63) is 53.7 Å². The van der Waals surface area contributed by atoms with Gasteiger partial charge >= 0.3 is 10.4 Å². The number of carbonyl (C=O) groups excluding carboxylic acids is 2. The summed E-state index contributed by atoms with van der Waals surface area (Å²) in [6.07, 6.45) is 1.40. The summed E-state index contributed by atoms with van der Waals surface area (Å²) in [5.41, 5.74) is 11.8. The summed E-state index contributed by atoms with van der Waals surface area (Å²) in [5.74, 6) is -0.186. The minimum atomic E-state index is -4.95. The largest absolute Gasteiger partial charge is 0.490 e. The highest BCUT2D eigenvalue weighted by molar-refractivity contribution is 7.80. The molecule has 0 bridgehead atoms. The number of thiazole rings is 1. The molecule has 3 aromatic rings. The normalized spacial score (nSPS) is 16.9. The Balaban J connectivity index is 1.38. The van der Waals surface area contributed by atoms with Crippen LogP contribution in [-0.2, 0) is 36.2 Å². The average molecular weight is 664 g/mol. The summed E-state index contributed by atoms with van der Waals surface area (Å²) in [4.78, 5) is 35.3. The van der Waals surface area contributed by atoms with E-state index in [-0.39, 0.29) is 23.1 Å². The highest BCUT2D eigenvalue weighted by Crippen LogP contribution is 2.33. The Bertz CT molecular complexity index is 1680. The molecule has 16 nitrogen and oxygen atoms in total. The Hall–Kier alpha value is -4.36. The number of benzene rings is 1. The van der Waals surface area contributed by atoms with E-state index in [1.165, 1.54) is 19.2 Å². The van der Waals surface area contributed by atoms with E-state index in [0.29, 0.717) is 23.9 Å². The minimum Gasteiger partial charge on any atom is -0.490 e. The molecule has 2 aromatic heterocycles. The van der Waals surface area contributed by atoms with Crippen LogP contribution in [-0.4, -0.2) is 77.9 Å². The van der Waals surface area contributed by atoms with Gasteiger partial charge in [0, 0.05) is 23.6 Å². The maximum Gasteiger partial charge on any atom is 0.418 e. The summed E-state index contributed by atoms with van der Waals surface area (Å²) in [5, 5.41) is 11.8. The number of anilines is 2. The van der Waals surface area contributed by atoms with E-state index in [9.17, 15) is 18.0 Å². The Morgan fingerprint density at radius 1 is 1.24 bits per heavy atom. The predicted octanol–water partition coefficient (Wildman–Crippen LogP) is 0.616. The molecule has 4 rings (SSSR count). The topological polar surface area (TPSA) is 225 Å². The van der Waals surface area contributed by atoms with Crippen LogP contribution in [0.15, 0.2) is 53.1 Å². The summed E-state index contributed by atoms with van der Waals surface area (Å²) in [6.45, 7) is 5.86. The molecule has 1 fully saturated rings. The zero-order valence-corrected chi connectivity index (χ0v) is 26.6. The third kappa shape index (κ3) is 8.22. The molecule has 1 aliphatic rings. The molecular weight excluding hydrogens is 628 g/mol. The van der Waals surface area contributed by atoms with Crippen molar-refractivity contribution in [2.45, 2.75) is 38.5 Å². The Morgan fingerprint density at radius 3 is 2.51 bits per heavy atom. The lowest BCUT2D eigenvalue weighted by Crippen LogP contribution is -2.76. The van der Waals surface area contributed by atoms with E-state index in [0.717, 1.165) is 28.3 Å². The maximum atomic E-state index is 13.2. The zero-order chi connectivity index (χ0) is 32.9. The second-order valence-corrected chi connectivity index (χ2v) is 12.5. The van der Waals surface area contributed by atoms with Crippen LogP contribution in [0, 0.1) is 0 Å². The van der Waals surface area contributed by atoms with Crippen molar-refractivity contribution in [2.75, 3.05) is 30.7 Å². The first-order chi connectivity index (χ1) is 21.2. The fourth-order valence-electron chi connectivity index (χ4n) is 4.31. The number of aryl methyl sites for hydroxylation is 1. The predicted molar refractivity (Wildman–Crippen MR) is 165 cm³/mol. The lowest BCUT2D eigenvalue weighted by molar-refractivity contribution is -0.656. The number of pyridine rings is 1. The molecular formula is C27H35N8O8S2+. The Labute approximate surface area is 263 Å².